The van der Waals surface area contributed by atoms with Crippen molar-refractivity contribution in [1.82, 2.24) is 19.2 Å². The number of carbonyl (C=O) groups is 1. The number of rotatable bonds is 5. The van der Waals surface area contributed by atoms with E-state index < -0.39 is 0 Å². The van der Waals surface area contributed by atoms with Crippen molar-refractivity contribution in [3.8, 4) is 5.69 Å². The van der Waals surface area contributed by atoms with Gasteiger partial charge in [0, 0.05) is 12.4 Å². The molecule has 0 fully saturated rings. The summed E-state index contributed by atoms with van der Waals surface area (Å²) in [6, 6.07) is 13.9. The van der Waals surface area contributed by atoms with Crippen molar-refractivity contribution in [2.45, 2.75) is 19.0 Å². The fourth-order valence-electron chi connectivity index (χ4n) is 2.92. The largest absolute Gasteiger partial charge is 0.295 e. The maximum Gasteiger partial charge on any atom is 0.249 e. The predicted octanol–water partition coefficient (Wildman–Crippen LogP) is 3.70. The maximum absolute atomic E-state index is 12.4. The van der Waals surface area contributed by atoms with Crippen molar-refractivity contribution in [2.75, 3.05) is 11.2 Å². The minimum Gasteiger partial charge on any atom is -0.295 e. The fourth-order valence-corrected chi connectivity index (χ4v) is 3.68. The van der Waals surface area contributed by atoms with Gasteiger partial charge in [0.25, 0.3) is 0 Å². The number of thioether (sulfide) groups is 1. The number of imidazole rings is 2. The third kappa shape index (κ3) is 3.46. The first-order valence-electron chi connectivity index (χ1n) is 8.58. The second kappa shape index (κ2) is 7.28. The van der Waals surface area contributed by atoms with Crippen LogP contribution in [-0.2, 0) is 4.79 Å². The lowest BCUT2D eigenvalue weighted by molar-refractivity contribution is -0.114. The lowest BCUT2D eigenvalue weighted by Crippen LogP contribution is -2.23. The van der Waals surface area contributed by atoms with Crippen LogP contribution in [0.25, 0.3) is 16.7 Å². The summed E-state index contributed by atoms with van der Waals surface area (Å²) in [6.45, 7) is 4.18. The van der Waals surface area contributed by atoms with Crippen LogP contribution in [0.2, 0.25) is 0 Å². The highest BCUT2D eigenvalue weighted by Crippen LogP contribution is 2.24. The molecule has 2 heterocycles. The zero-order valence-electron chi connectivity index (χ0n) is 15.1. The van der Waals surface area contributed by atoms with Crippen molar-refractivity contribution >= 4 is 28.7 Å². The van der Waals surface area contributed by atoms with Gasteiger partial charge in [-0.2, -0.15) is 0 Å². The Hall–Kier alpha value is -3.06. The lowest BCUT2D eigenvalue weighted by atomic mass is 10.1. The number of fused-ring (bicyclic) bond motifs is 1. The highest BCUT2D eigenvalue weighted by atomic mass is 32.2. The van der Waals surface area contributed by atoms with E-state index in [2.05, 4.69) is 41.4 Å². The normalized spacial score (nSPS) is 11.0. The predicted molar refractivity (Wildman–Crippen MR) is 108 cm³/mol. The average molecular weight is 377 g/mol. The molecule has 4 rings (SSSR count). The monoisotopic (exact) mass is 377 g/mol. The molecule has 0 aliphatic carbocycles. The molecule has 1 N–H and O–H groups in total. The van der Waals surface area contributed by atoms with E-state index in [4.69, 9.17) is 0 Å². The topological polar surface area (TPSA) is 64.7 Å². The Morgan fingerprint density at radius 2 is 1.96 bits per heavy atom. The summed E-state index contributed by atoms with van der Waals surface area (Å²) in [5.74, 6) is 0.146. The number of para-hydroxylation sites is 2. The zero-order chi connectivity index (χ0) is 18.8. The van der Waals surface area contributed by atoms with Gasteiger partial charge in [0.1, 0.15) is 6.33 Å². The number of nitrogens with one attached hydrogen (secondary N) is 1. The van der Waals surface area contributed by atoms with E-state index in [1.54, 1.807) is 17.2 Å². The van der Waals surface area contributed by atoms with Gasteiger partial charge in [-0.25, -0.2) is 14.6 Å². The number of hydrogen-bond donors (Lipinski definition) is 1. The van der Waals surface area contributed by atoms with Crippen molar-refractivity contribution in [1.29, 1.82) is 0 Å². The van der Waals surface area contributed by atoms with Crippen LogP contribution >= 0.6 is 11.8 Å². The first-order chi connectivity index (χ1) is 13.1. The van der Waals surface area contributed by atoms with Gasteiger partial charge in [-0.15, -0.1) is 0 Å². The van der Waals surface area contributed by atoms with Crippen molar-refractivity contribution < 1.29 is 4.79 Å². The molecule has 0 saturated carbocycles. The molecule has 0 aliphatic heterocycles. The molecule has 0 atom stereocenters. The number of carbonyl (C=O) groups excluding carboxylic acids is 1. The highest BCUT2D eigenvalue weighted by Gasteiger charge is 2.12. The molecule has 27 heavy (non-hydrogen) atoms. The summed E-state index contributed by atoms with van der Waals surface area (Å²) in [6.07, 6.45) is 5.29. The van der Waals surface area contributed by atoms with E-state index in [1.807, 2.05) is 41.1 Å². The van der Waals surface area contributed by atoms with Gasteiger partial charge in [-0.3, -0.25) is 14.8 Å². The van der Waals surface area contributed by atoms with Gasteiger partial charge < -0.3 is 0 Å². The lowest BCUT2D eigenvalue weighted by Gasteiger charge is -2.12. The molecular formula is C20H19N5OS. The Bertz CT molecular complexity index is 1110. The van der Waals surface area contributed by atoms with Gasteiger partial charge in [0.15, 0.2) is 5.16 Å². The zero-order valence-corrected chi connectivity index (χ0v) is 15.9. The summed E-state index contributed by atoms with van der Waals surface area (Å²) in [5, 5.41) is 0.786. The number of benzene rings is 2. The van der Waals surface area contributed by atoms with E-state index in [9.17, 15) is 4.79 Å². The molecule has 7 heteroatoms. The fraction of sp³-hybridized carbons (Fsp3) is 0.150. The summed E-state index contributed by atoms with van der Waals surface area (Å²) in [7, 11) is 0. The summed E-state index contributed by atoms with van der Waals surface area (Å²) in [5.41, 5.74) is 8.08. The van der Waals surface area contributed by atoms with Crippen LogP contribution < -0.4 is 5.43 Å². The molecule has 1 amide bonds. The van der Waals surface area contributed by atoms with Crippen LogP contribution in [-0.4, -0.2) is 30.9 Å². The maximum atomic E-state index is 12.4. The first kappa shape index (κ1) is 17.4. The first-order valence-corrected chi connectivity index (χ1v) is 9.57. The third-order valence-corrected chi connectivity index (χ3v) is 5.44. The van der Waals surface area contributed by atoms with E-state index in [-0.39, 0.29) is 11.7 Å². The number of amides is 1. The van der Waals surface area contributed by atoms with Gasteiger partial charge in [-0.05, 0) is 43.2 Å². The Labute approximate surface area is 161 Å². The second-order valence-corrected chi connectivity index (χ2v) is 7.17. The number of hydrogen-bond acceptors (Lipinski definition) is 4. The molecule has 0 spiro atoms. The van der Waals surface area contributed by atoms with E-state index >= 15 is 0 Å². The quantitative estimate of drug-likeness (QED) is 0.539. The molecule has 0 unspecified atom stereocenters. The number of aromatic nitrogens is 4. The van der Waals surface area contributed by atoms with Crippen molar-refractivity contribution in [2.24, 2.45) is 0 Å². The Balaban J connectivity index is 1.47. The van der Waals surface area contributed by atoms with E-state index in [1.165, 1.54) is 22.9 Å². The van der Waals surface area contributed by atoms with Crippen LogP contribution in [0.3, 0.4) is 0 Å². The second-order valence-electron chi connectivity index (χ2n) is 6.23. The van der Waals surface area contributed by atoms with Crippen molar-refractivity contribution in [3.05, 3.63) is 72.3 Å². The van der Waals surface area contributed by atoms with Gasteiger partial charge >= 0.3 is 0 Å². The smallest absolute Gasteiger partial charge is 0.249 e. The molecule has 2 aromatic heterocycles. The molecular weight excluding hydrogens is 358 g/mol. The highest BCUT2D eigenvalue weighted by molar-refractivity contribution is 7.99. The molecule has 0 bridgehead atoms. The Kier molecular flexibility index (Phi) is 4.68. The van der Waals surface area contributed by atoms with Gasteiger partial charge in [0.2, 0.25) is 5.91 Å². The minimum atomic E-state index is -0.112. The van der Waals surface area contributed by atoms with Crippen LogP contribution in [0.5, 0.6) is 0 Å². The van der Waals surface area contributed by atoms with Gasteiger partial charge in [0.05, 0.1) is 22.5 Å². The molecule has 136 valence electrons. The average Bonchev–Trinajstić information content (AvgIpc) is 3.30. The summed E-state index contributed by atoms with van der Waals surface area (Å²) in [4.78, 5) is 21.1. The van der Waals surface area contributed by atoms with Crippen molar-refractivity contribution in [3.63, 3.8) is 0 Å². The molecule has 6 nitrogen and oxygen atoms in total. The standard InChI is InChI=1S/C20H19N5OS/c1-14-6-5-9-17(15(14)2)24-11-10-21-20(24)27-12-19(26)23-25-13-22-16-7-3-4-8-18(16)25/h3-11,13H,12H2,1-2H3,(H,23,26). The SMILES string of the molecule is Cc1cccc(-n2ccnc2SCC(=O)Nn2cnc3ccccc32)c1C. The summed E-state index contributed by atoms with van der Waals surface area (Å²) >= 11 is 1.40. The molecule has 0 saturated heterocycles. The van der Waals surface area contributed by atoms with Crippen LogP contribution in [0.4, 0.5) is 0 Å². The molecule has 0 aliphatic rings. The molecule has 4 aromatic rings. The molecule has 2 aromatic carbocycles. The van der Waals surface area contributed by atoms with Gasteiger partial charge in [-0.1, -0.05) is 36.0 Å². The van der Waals surface area contributed by atoms with Crippen LogP contribution in [0, 0.1) is 13.8 Å². The number of nitrogens with zero attached hydrogens (tertiary/aromatic N) is 4. The Morgan fingerprint density at radius 3 is 2.85 bits per heavy atom. The molecule has 0 radical (unpaired) electrons. The van der Waals surface area contributed by atoms with E-state index in [0.29, 0.717) is 0 Å². The Morgan fingerprint density at radius 1 is 1.11 bits per heavy atom. The number of aryl methyl sites for hydroxylation is 1. The third-order valence-electron chi connectivity index (χ3n) is 4.47. The summed E-state index contributed by atoms with van der Waals surface area (Å²) < 4.78 is 3.67. The minimum absolute atomic E-state index is 0.112. The van der Waals surface area contributed by atoms with E-state index in [0.717, 1.165) is 21.9 Å². The van der Waals surface area contributed by atoms with Crippen LogP contribution in [0.1, 0.15) is 11.1 Å². The van der Waals surface area contributed by atoms with Crippen LogP contribution in [0.15, 0.2) is 66.3 Å².